The van der Waals surface area contributed by atoms with Crippen LogP contribution in [-0.2, 0) is 30.0 Å². The standard InChI is InChI=1S/C16H20N4O4S/c1-17-16-18-12-10-20(9-8-11(12)15(21)19(16)2)25(22,23)14-7-5-4-6-13(14)24-3/h4-7H,8-10H2,1-3H3,(H,17,18). The first-order valence-electron chi connectivity index (χ1n) is 7.80. The highest BCUT2D eigenvalue weighted by molar-refractivity contribution is 7.89. The Hall–Kier alpha value is -2.39. The Morgan fingerprint density at radius 3 is 2.68 bits per heavy atom. The van der Waals surface area contributed by atoms with Gasteiger partial charge in [-0.25, -0.2) is 13.4 Å². The third-order valence-electron chi connectivity index (χ3n) is 4.32. The van der Waals surface area contributed by atoms with Crippen LogP contribution in [0.15, 0.2) is 34.0 Å². The zero-order valence-electron chi connectivity index (χ0n) is 14.3. The molecular weight excluding hydrogens is 344 g/mol. The van der Waals surface area contributed by atoms with Crippen molar-refractivity contribution < 1.29 is 13.2 Å². The second kappa shape index (κ2) is 6.49. The fourth-order valence-electron chi connectivity index (χ4n) is 2.96. The molecular formula is C16H20N4O4S. The predicted molar refractivity (Wildman–Crippen MR) is 93.3 cm³/mol. The molecule has 0 spiro atoms. The van der Waals surface area contributed by atoms with Gasteiger partial charge in [0, 0.05) is 26.2 Å². The Labute approximate surface area is 146 Å². The molecule has 0 saturated heterocycles. The monoisotopic (exact) mass is 364 g/mol. The van der Waals surface area contributed by atoms with Gasteiger partial charge in [0.2, 0.25) is 16.0 Å². The molecule has 9 heteroatoms. The lowest BCUT2D eigenvalue weighted by molar-refractivity contribution is 0.372. The minimum absolute atomic E-state index is 0.0560. The lowest BCUT2D eigenvalue weighted by Gasteiger charge is -2.28. The number of fused-ring (bicyclic) bond motifs is 1. The van der Waals surface area contributed by atoms with Gasteiger partial charge in [-0.3, -0.25) is 9.36 Å². The number of rotatable bonds is 4. The van der Waals surface area contributed by atoms with Crippen molar-refractivity contribution in [2.45, 2.75) is 17.9 Å². The normalized spacial score (nSPS) is 14.8. The van der Waals surface area contributed by atoms with E-state index in [9.17, 15) is 13.2 Å². The van der Waals surface area contributed by atoms with Gasteiger partial charge in [-0.05, 0) is 18.6 Å². The van der Waals surface area contributed by atoms with Gasteiger partial charge in [-0.1, -0.05) is 12.1 Å². The summed E-state index contributed by atoms with van der Waals surface area (Å²) in [6.07, 6.45) is 0.327. The van der Waals surface area contributed by atoms with Crippen LogP contribution in [0.4, 0.5) is 5.95 Å². The third kappa shape index (κ3) is 2.89. The number of benzene rings is 1. The van der Waals surface area contributed by atoms with Crippen LogP contribution in [-0.4, -0.2) is 43.0 Å². The fourth-order valence-corrected chi connectivity index (χ4v) is 4.51. The summed E-state index contributed by atoms with van der Waals surface area (Å²) >= 11 is 0. The first-order chi connectivity index (χ1) is 11.9. The average Bonchev–Trinajstić information content (AvgIpc) is 2.64. The molecule has 1 aromatic carbocycles. The molecule has 25 heavy (non-hydrogen) atoms. The van der Waals surface area contributed by atoms with Crippen molar-refractivity contribution >= 4 is 16.0 Å². The molecule has 0 aliphatic carbocycles. The number of para-hydroxylation sites is 1. The maximum Gasteiger partial charge on any atom is 0.258 e. The molecule has 0 atom stereocenters. The molecule has 2 heterocycles. The van der Waals surface area contributed by atoms with Gasteiger partial charge in [-0.15, -0.1) is 0 Å². The molecule has 1 aliphatic rings. The highest BCUT2D eigenvalue weighted by Gasteiger charge is 2.32. The quantitative estimate of drug-likeness (QED) is 0.853. The number of nitrogens with zero attached hydrogens (tertiary/aromatic N) is 3. The van der Waals surface area contributed by atoms with Crippen molar-refractivity contribution in [3.05, 3.63) is 45.9 Å². The van der Waals surface area contributed by atoms with Crippen molar-refractivity contribution in [2.24, 2.45) is 7.05 Å². The Kier molecular flexibility index (Phi) is 4.53. The number of methoxy groups -OCH3 is 1. The Balaban J connectivity index is 2.03. The van der Waals surface area contributed by atoms with Gasteiger partial charge in [-0.2, -0.15) is 4.31 Å². The van der Waals surface area contributed by atoms with Gasteiger partial charge in [0.1, 0.15) is 10.6 Å². The Morgan fingerprint density at radius 2 is 2.00 bits per heavy atom. The summed E-state index contributed by atoms with van der Waals surface area (Å²) < 4.78 is 33.9. The topological polar surface area (TPSA) is 93.5 Å². The molecule has 3 rings (SSSR count). The maximum atomic E-state index is 13.0. The van der Waals surface area contributed by atoms with Crippen LogP contribution in [0.5, 0.6) is 5.75 Å². The Morgan fingerprint density at radius 1 is 1.28 bits per heavy atom. The van der Waals surface area contributed by atoms with E-state index in [4.69, 9.17) is 4.74 Å². The number of ether oxygens (including phenoxy) is 1. The zero-order chi connectivity index (χ0) is 18.2. The molecule has 2 aromatic rings. The van der Waals surface area contributed by atoms with E-state index in [0.717, 1.165) is 0 Å². The SMILES string of the molecule is CNc1nc2c(c(=O)n1C)CCN(S(=O)(=O)c1ccccc1OC)C2. The van der Waals surface area contributed by atoms with Crippen LogP contribution >= 0.6 is 0 Å². The minimum atomic E-state index is -3.75. The van der Waals surface area contributed by atoms with Crippen molar-refractivity contribution in [3.63, 3.8) is 0 Å². The molecule has 0 fully saturated rings. The lowest BCUT2D eigenvalue weighted by Crippen LogP contribution is -2.40. The zero-order valence-corrected chi connectivity index (χ0v) is 15.1. The molecule has 1 N–H and O–H groups in total. The number of sulfonamides is 1. The molecule has 134 valence electrons. The number of hydrogen-bond acceptors (Lipinski definition) is 6. The molecule has 1 aliphatic heterocycles. The number of anilines is 1. The van der Waals surface area contributed by atoms with E-state index in [-0.39, 0.29) is 23.5 Å². The maximum absolute atomic E-state index is 13.0. The molecule has 8 nitrogen and oxygen atoms in total. The number of aromatic nitrogens is 2. The highest BCUT2D eigenvalue weighted by atomic mass is 32.2. The van der Waals surface area contributed by atoms with E-state index in [2.05, 4.69) is 10.3 Å². The van der Waals surface area contributed by atoms with E-state index < -0.39 is 10.0 Å². The summed E-state index contributed by atoms with van der Waals surface area (Å²) in [6.45, 7) is 0.281. The molecule has 0 bridgehead atoms. The smallest absolute Gasteiger partial charge is 0.258 e. The van der Waals surface area contributed by atoms with Crippen LogP contribution < -0.4 is 15.6 Å². The first kappa shape index (κ1) is 17.4. The second-order valence-electron chi connectivity index (χ2n) is 5.71. The predicted octanol–water partition coefficient (Wildman–Crippen LogP) is 0.578. The van der Waals surface area contributed by atoms with E-state index in [1.165, 1.54) is 22.0 Å². The van der Waals surface area contributed by atoms with Gasteiger partial charge < -0.3 is 10.1 Å². The summed E-state index contributed by atoms with van der Waals surface area (Å²) in [5, 5.41) is 2.85. The first-order valence-corrected chi connectivity index (χ1v) is 9.24. The largest absolute Gasteiger partial charge is 0.495 e. The summed E-state index contributed by atoms with van der Waals surface area (Å²) in [6, 6.07) is 6.49. The van der Waals surface area contributed by atoms with Gasteiger partial charge in [0.05, 0.1) is 19.3 Å². The van der Waals surface area contributed by atoms with Crippen molar-refractivity contribution in [2.75, 3.05) is 26.0 Å². The molecule has 0 amide bonds. The Bertz CT molecular complexity index is 969. The second-order valence-corrected chi connectivity index (χ2v) is 7.62. The van der Waals surface area contributed by atoms with Crippen molar-refractivity contribution in [3.8, 4) is 5.75 Å². The summed E-state index contributed by atoms with van der Waals surface area (Å²) in [7, 11) is 0.989. The van der Waals surface area contributed by atoms with Gasteiger partial charge in [0.25, 0.3) is 5.56 Å². The highest BCUT2D eigenvalue weighted by Crippen LogP contribution is 2.29. The molecule has 1 aromatic heterocycles. The van der Waals surface area contributed by atoms with Gasteiger partial charge >= 0.3 is 0 Å². The minimum Gasteiger partial charge on any atom is -0.495 e. The van der Waals surface area contributed by atoms with Crippen molar-refractivity contribution in [1.82, 2.24) is 13.9 Å². The van der Waals surface area contributed by atoms with E-state index in [1.807, 2.05) is 0 Å². The lowest BCUT2D eigenvalue weighted by atomic mass is 10.1. The summed E-state index contributed by atoms with van der Waals surface area (Å²) in [5.41, 5.74) is 0.897. The average molecular weight is 364 g/mol. The van der Waals surface area contributed by atoms with Crippen molar-refractivity contribution in [1.29, 1.82) is 0 Å². The fraction of sp³-hybridized carbons (Fsp3) is 0.375. The van der Waals surface area contributed by atoms with E-state index in [1.54, 1.807) is 32.3 Å². The van der Waals surface area contributed by atoms with Crippen LogP contribution in [0.1, 0.15) is 11.3 Å². The van der Waals surface area contributed by atoms with Crippen LogP contribution in [0, 0.1) is 0 Å². The molecule has 0 saturated carbocycles. The third-order valence-corrected chi connectivity index (χ3v) is 6.20. The molecule has 0 unspecified atom stereocenters. The summed E-state index contributed by atoms with van der Waals surface area (Å²) in [5.74, 6) is 0.696. The van der Waals surface area contributed by atoms with Crippen LogP contribution in [0.2, 0.25) is 0 Å². The molecule has 0 radical (unpaired) electrons. The van der Waals surface area contributed by atoms with Gasteiger partial charge in [0.15, 0.2) is 0 Å². The van der Waals surface area contributed by atoms with E-state index in [0.29, 0.717) is 29.4 Å². The van der Waals surface area contributed by atoms with Crippen LogP contribution in [0.25, 0.3) is 0 Å². The van der Waals surface area contributed by atoms with E-state index >= 15 is 0 Å². The van der Waals surface area contributed by atoms with Crippen LogP contribution in [0.3, 0.4) is 0 Å². The summed E-state index contributed by atoms with van der Waals surface area (Å²) in [4.78, 5) is 16.9. The number of hydrogen-bond donors (Lipinski definition) is 1. The number of nitrogens with one attached hydrogen (secondary N) is 1.